The Morgan fingerprint density at radius 2 is 0.943 bits per heavy atom. The van der Waals surface area contributed by atoms with Crippen molar-refractivity contribution >= 4 is 11.9 Å². The fourth-order valence-corrected chi connectivity index (χ4v) is 4.78. The highest BCUT2D eigenvalue weighted by molar-refractivity contribution is 5.76. The molecule has 0 unspecified atom stereocenters. The third-order valence-electron chi connectivity index (χ3n) is 7.56. The van der Waals surface area contributed by atoms with E-state index in [1.807, 2.05) is 0 Å². The second kappa shape index (κ2) is 24.6. The van der Waals surface area contributed by atoms with E-state index in [2.05, 4.69) is 27.7 Å². The van der Waals surface area contributed by atoms with E-state index in [4.69, 9.17) is 9.47 Å². The van der Waals surface area contributed by atoms with E-state index in [1.165, 1.54) is 57.8 Å². The van der Waals surface area contributed by atoms with Gasteiger partial charge in [0.2, 0.25) is 0 Å². The van der Waals surface area contributed by atoms with Crippen LogP contribution in [0.15, 0.2) is 0 Å². The zero-order valence-corrected chi connectivity index (χ0v) is 24.1. The highest BCUT2D eigenvalue weighted by atomic mass is 16.5. The molecule has 0 aliphatic rings. The van der Waals surface area contributed by atoms with Crippen LogP contribution in [-0.2, 0) is 19.1 Å². The normalized spacial score (nSPS) is 11.5. The predicted octanol–water partition coefficient (Wildman–Crippen LogP) is 9.72. The van der Waals surface area contributed by atoms with Gasteiger partial charge in [0.05, 0.1) is 18.6 Å². The molecule has 0 aromatic carbocycles. The highest BCUT2D eigenvalue weighted by Crippen LogP contribution is 2.34. The Kier molecular flexibility index (Phi) is 23.9. The predicted molar refractivity (Wildman–Crippen MR) is 149 cm³/mol. The first-order chi connectivity index (χ1) is 17.1. The van der Waals surface area contributed by atoms with Crippen molar-refractivity contribution in [3.63, 3.8) is 0 Å². The van der Waals surface area contributed by atoms with Crippen LogP contribution in [0.2, 0.25) is 0 Å². The standard InChI is InChI=1S/C31H60O4/c1-5-9-23-27-34-29(32)25-21-19-17-15-13-11-12-14-16-18-20-22-26-31(7-3,8-4)30(33)35-28-24-10-6-2/h5-28H2,1-4H3. The van der Waals surface area contributed by atoms with Gasteiger partial charge < -0.3 is 9.47 Å². The highest BCUT2D eigenvalue weighted by Gasteiger charge is 2.35. The van der Waals surface area contributed by atoms with Crippen LogP contribution in [0.25, 0.3) is 0 Å². The Bertz CT molecular complexity index is 484. The second-order valence-corrected chi connectivity index (χ2v) is 10.5. The number of unbranched alkanes of at least 4 members (excludes halogenated alkanes) is 15. The molecule has 0 aromatic rings. The molecular weight excluding hydrogens is 436 g/mol. The van der Waals surface area contributed by atoms with Crippen molar-refractivity contribution in [2.45, 2.75) is 169 Å². The number of hydrogen-bond acceptors (Lipinski definition) is 4. The van der Waals surface area contributed by atoms with Crippen LogP contribution < -0.4 is 0 Å². The van der Waals surface area contributed by atoms with Crippen molar-refractivity contribution in [3.8, 4) is 0 Å². The summed E-state index contributed by atoms with van der Waals surface area (Å²) in [5.74, 6) is 0.0273. The molecule has 0 rings (SSSR count). The summed E-state index contributed by atoms with van der Waals surface area (Å²) in [4.78, 5) is 24.3. The molecule has 0 spiro atoms. The van der Waals surface area contributed by atoms with Crippen molar-refractivity contribution in [2.75, 3.05) is 13.2 Å². The van der Waals surface area contributed by atoms with Crippen LogP contribution in [0.4, 0.5) is 0 Å². The minimum atomic E-state index is -0.263. The van der Waals surface area contributed by atoms with Crippen molar-refractivity contribution in [2.24, 2.45) is 5.41 Å². The van der Waals surface area contributed by atoms with Crippen LogP contribution in [0.1, 0.15) is 169 Å². The molecule has 0 amide bonds. The van der Waals surface area contributed by atoms with Gasteiger partial charge in [0, 0.05) is 6.42 Å². The zero-order valence-electron chi connectivity index (χ0n) is 24.1. The fourth-order valence-electron chi connectivity index (χ4n) is 4.78. The molecule has 0 N–H and O–H groups in total. The van der Waals surface area contributed by atoms with Crippen LogP contribution in [0.3, 0.4) is 0 Å². The third-order valence-corrected chi connectivity index (χ3v) is 7.56. The molecule has 4 heteroatoms. The summed E-state index contributed by atoms with van der Waals surface area (Å²) in [6.45, 7) is 9.79. The molecule has 0 saturated heterocycles. The first-order valence-corrected chi connectivity index (χ1v) is 15.4. The molecule has 0 fully saturated rings. The van der Waals surface area contributed by atoms with Gasteiger partial charge in [0.15, 0.2) is 0 Å². The maximum Gasteiger partial charge on any atom is 0.312 e. The quantitative estimate of drug-likeness (QED) is 0.0883. The van der Waals surface area contributed by atoms with Crippen molar-refractivity contribution in [1.82, 2.24) is 0 Å². The summed E-state index contributed by atoms with van der Waals surface area (Å²) >= 11 is 0. The Hall–Kier alpha value is -1.06. The van der Waals surface area contributed by atoms with E-state index in [0.717, 1.165) is 77.0 Å². The average molecular weight is 497 g/mol. The van der Waals surface area contributed by atoms with Crippen LogP contribution in [0, 0.1) is 5.41 Å². The monoisotopic (exact) mass is 496 g/mol. The summed E-state index contributed by atoms with van der Waals surface area (Å²) < 4.78 is 10.9. The van der Waals surface area contributed by atoms with E-state index in [9.17, 15) is 9.59 Å². The van der Waals surface area contributed by atoms with E-state index < -0.39 is 0 Å². The largest absolute Gasteiger partial charge is 0.466 e. The number of carbonyl (C=O) groups is 2. The molecule has 4 nitrogen and oxygen atoms in total. The summed E-state index contributed by atoms with van der Waals surface area (Å²) in [7, 11) is 0. The van der Waals surface area contributed by atoms with E-state index >= 15 is 0 Å². The Morgan fingerprint density at radius 3 is 1.40 bits per heavy atom. The minimum absolute atomic E-state index is 0.0153. The zero-order chi connectivity index (χ0) is 26.0. The first kappa shape index (κ1) is 33.9. The van der Waals surface area contributed by atoms with Gasteiger partial charge in [-0.2, -0.15) is 0 Å². The SMILES string of the molecule is CCCCCOC(=O)CCCCCCCCCCCCCCC(CC)(CC)C(=O)OCCCCC. The van der Waals surface area contributed by atoms with Crippen molar-refractivity contribution < 1.29 is 19.1 Å². The topological polar surface area (TPSA) is 52.6 Å². The second-order valence-electron chi connectivity index (χ2n) is 10.5. The lowest BCUT2D eigenvalue weighted by atomic mass is 9.77. The number of ether oxygens (including phenoxy) is 2. The summed E-state index contributed by atoms with van der Waals surface area (Å²) in [6.07, 6.45) is 24.8. The van der Waals surface area contributed by atoms with E-state index in [1.54, 1.807) is 0 Å². The molecule has 208 valence electrons. The molecule has 35 heavy (non-hydrogen) atoms. The van der Waals surface area contributed by atoms with Gasteiger partial charge >= 0.3 is 11.9 Å². The maximum absolute atomic E-state index is 12.7. The van der Waals surface area contributed by atoms with Crippen molar-refractivity contribution in [1.29, 1.82) is 0 Å². The first-order valence-electron chi connectivity index (χ1n) is 15.4. The number of esters is 2. The third kappa shape index (κ3) is 18.8. The minimum Gasteiger partial charge on any atom is -0.466 e. The van der Waals surface area contributed by atoms with Crippen LogP contribution in [0.5, 0.6) is 0 Å². The maximum atomic E-state index is 12.7. The van der Waals surface area contributed by atoms with Gasteiger partial charge in [0.25, 0.3) is 0 Å². The molecule has 0 aliphatic heterocycles. The molecule has 0 saturated carbocycles. The fraction of sp³-hybridized carbons (Fsp3) is 0.935. The van der Waals surface area contributed by atoms with Crippen molar-refractivity contribution in [3.05, 3.63) is 0 Å². The number of rotatable bonds is 26. The van der Waals surface area contributed by atoms with Gasteiger partial charge in [-0.05, 0) is 38.5 Å². The summed E-state index contributed by atoms with van der Waals surface area (Å²) in [6, 6.07) is 0. The van der Waals surface area contributed by atoms with Gasteiger partial charge in [0.1, 0.15) is 0 Å². The van der Waals surface area contributed by atoms with Crippen LogP contribution >= 0.6 is 0 Å². The molecule has 0 aromatic heterocycles. The van der Waals surface area contributed by atoms with Gasteiger partial charge in [-0.1, -0.05) is 124 Å². The van der Waals surface area contributed by atoms with Crippen LogP contribution in [-0.4, -0.2) is 25.2 Å². The molecule has 0 atom stereocenters. The van der Waals surface area contributed by atoms with Gasteiger partial charge in [-0.3, -0.25) is 9.59 Å². The van der Waals surface area contributed by atoms with Gasteiger partial charge in [-0.25, -0.2) is 0 Å². The molecular formula is C31H60O4. The molecule has 0 radical (unpaired) electrons. The Balaban J connectivity index is 3.60. The van der Waals surface area contributed by atoms with E-state index in [0.29, 0.717) is 19.6 Å². The summed E-state index contributed by atoms with van der Waals surface area (Å²) in [5.41, 5.74) is -0.263. The van der Waals surface area contributed by atoms with Gasteiger partial charge in [-0.15, -0.1) is 0 Å². The lowest BCUT2D eigenvalue weighted by Crippen LogP contribution is -2.32. The van der Waals surface area contributed by atoms with E-state index in [-0.39, 0.29) is 17.4 Å². The Morgan fingerprint density at radius 1 is 0.514 bits per heavy atom. The smallest absolute Gasteiger partial charge is 0.312 e. The molecule has 0 aliphatic carbocycles. The average Bonchev–Trinajstić information content (AvgIpc) is 2.87. The number of hydrogen-bond donors (Lipinski definition) is 0. The number of carbonyl (C=O) groups excluding carboxylic acids is 2. The molecule has 0 heterocycles. The lowest BCUT2D eigenvalue weighted by Gasteiger charge is -2.29. The molecule has 0 bridgehead atoms. The summed E-state index contributed by atoms with van der Waals surface area (Å²) in [5, 5.41) is 0. The lowest BCUT2D eigenvalue weighted by molar-refractivity contribution is -0.157. The Labute approximate surface area is 218 Å².